The number of aliphatic carboxylic acids is 2. The van der Waals surface area contributed by atoms with Crippen molar-refractivity contribution in [2.24, 2.45) is 0 Å². The number of hydrogen-bond acceptors (Lipinski definition) is 6. The smallest absolute Gasteiger partial charge is 0.328 e. The van der Waals surface area contributed by atoms with E-state index in [1.807, 2.05) is 18.2 Å². The van der Waals surface area contributed by atoms with Gasteiger partial charge in [0.25, 0.3) is 0 Å². The van der Waals surface area contributed by atoms with E-state index in [9.17, 15) is 14.7 Å². The van der Waals surface area contributed by atoms with Crippen LogP contribution >= 0.6 is 0 Å². The molecular weight excluding hydrogens is 418 g/mol. The molecule has 3 heterocycles. The summed E-state index contributed by atoms with van der Waals surface area (Å²) in [6.45, 7) is 1.13. The Hall–Kier alpha value is -4.27. The van der Waals surface area contributed by atoms with Crippen molar-refractivity contribution < 1.29 is 43.7 Å². The van der Waals surface area contributed by atoms with Gasteiger partial charge in [0.1, 0.15) is 0 Å². The van der Waals surface area contributed by atoms with Crippen LogP contribution in [0, 0.1) is 0 Å². The lowest BCUT2D eigenvalue weighted by molar-refractivity contribution is -0.686. The Bertz CT molecular complexity index is 1250. The van der Waals surface area contributed by atoms with Gasteiger partial charge < -0.3 is 29.5 Å². The van der Waals surface area contributed by atoms with Crippen LogP contribution in [0.25, 0.3) is 22.0 Å². The van der Waals surface area contributed by atoms with Gasteiger partial charge in [-0.25, -0.2) is 9.59 Å². The zero-order chi connectivity index (χ0) is 22.8. The largest absolute Gasteiger partial charge is 0.504 e. The first kappa shape index (κ1) is 21.0. The molecule has 0 fully saturated rings. The van der Waals surface area contributed by atoms with Crippen molar-refractivity contribution in [1.29, 1.82) is 0 Å². The van der Waals surface area contributed by atoms with Gasteiger partial charge in [-0.15, -0.1) is 0 Å². The van der Waals surface area contributed by atoms with Gasteiger partial charge in [0.05, 0.1) is 18.1 Å². The van der Waals surface area contributed by atoms with Crippen molar-refractivity contribution in [2.45, 2.75) is 13.0 Å². The number of aryl methyl sites for hydroxylation is 2. The third kappa shape index (κ3) is 4.00. The van der Waals surface area contributed by atoms with E-state index in [1.165, 1.54) is 0 Å². The number of ether oxygens (including phenoxy) is 3. The summed E-state index contributed by atoms with van der Waals surface area (Å²) in [7, 11) is 1.57. The first-order valence-corrected chi connectivity index (χ1v) is 9.67. The maximum Gasteiger partial charge on any atom is 0.328 e. The predicted molar refractivity (Wildman–Crippen MR) is 112 cm³/mol. The summed E-state index contributed by atoms with van der Waals surface area (Å²) < 4.78 is 18.6. The molecule has 9 nitrogen and oxygen atoms in total. The number of phenols is 1. The minimum absolute atomic E-state index is 0.189. The number of aromatic hydroxyl groups is 1. The highest BCUT2D eigenvalue weighted by atomic mass is 16.7. The zero-order valence-electron chi connectivity index (χ0n) is 17.1. The molecule has 0 saturated heterocycles. The molecule has 164 valence electrons. The van der Waals surface area contributed by atoms with Crippen LogP contribution in [0.2, 0.25) is 0 Å². The summed E-state index contributed by atoms with van der Waals surface area (Å²) in [4.78, 5) is 19.1. The highest BCUT2D eigenvalue weighted by Crippen LogP contribution is 2.41. The molecule has 2 aliphatic heterocycles. The van der Waals surface area contributed by atoms with Gasteiger partial charge in [0, 0.05) is 24.6 Å². The maximum atomic E-state index is 10.0. The molecule has 0 amide bonds. The normalized spacial score (nSPS) is 13.2. The van der Waals surface area contributed by atoms with Crippen LogP contribution in [0.3, 0.4) is 0 Å². The molecule has 0 atom stereocenters. The highest BCUT2D eigenvalue weighted by molar-refractivity contribution is 5.92. The highest BCUT2D eigenvalue weighted by Gasteiger charge is 2.27. The number of phenolic OH excluding ortho intramolecular Hbond substituents is 1. The van der Waals surface area contributed by atoms with E-state index in [1.54, 1.807) is 7.11 Å². The number of carbonyl (C=O) groups is 2. The molecular formula is C23H20NO8+. The fraction of sp³-hybridized carbons (Fsp3) is 0.174. The van der Waals surface area contributed by atoms with Crippen LogP contribution in [-0.2, 0) is 22.6 Å². The Morgan fingerprint density at radius 3 is 2.53 bits per heavy atom. The summed E-state index contributed by atoms with van der Waals surface area (Å²) >= 11 is 0. The molecule has 0 unspecified atom stereocenters. The van der Waals surface area contributed by atoms with Gasteiger partial charge in [-0.3, -0.25) is 0 Å². The summed E-state index contributed by atoms with van der Waals surface area (Å²) in [6.07, 6.45) is 4.10. The van der Waals surface area contributed by atoms with E-state index in [0.717, 1.165) is 52.1 Å². The Morgan fingerprint density at radius 1 is 1.09 bits per heavy atom. The van der Waals surface area contributed by atoms with Crippen LogP contribution < -0.4 is 18.8 Å². The molecule has 0 radical (unpaired) electrons. The van der Waals surface area contributed by atoms with E-state index < -0.39 is 11.9 Å². The second-order valence-corrected chi connectivity index (χ2v) is 7.10. The van der Waals surface area contributed by atoms with Crippen LogP contribution in [0.4, 0.5) is 0 Å². The van der Waals surface area contributed by atoms with Crippen molar-refractivity contribution in [3.8, 4) is 34.3 Å². The van der Waals surface area contributed by atoms with E-state index in [2.05, 4.69) is 22.9 Å². The number of nitrogens with zero attached hydrogens (tertiary/aromatic N) is 1. The lowest BCUT2D eigenvalue weighted by Crippen LogP contribution is -2.40. The first-order valence-electron chi connectivity index (χ1n) is 9.67. The Morgan fingerprint density at radius 2 is 1.84 bits per heavy atom. The third-order valence-electron chi connectivity index (χ3n) is 5.17. The molecule has 2 aromatic carbocycles. The van der Waals surface area contributed by atoms with Gasteiger partial charge in [0.15, 0.2) is 35.7 Å². The fourth-order valence-corrected chi connectivity index (χ4v) is 3.75. The average molecular weight is 438 g/mol. The number of benzene rings is 2. The lowest BCUT2D eigenvalue weighted by Gasteiger charge is -2.17. The number of carboxylic acid groups (broad SMARTS) is 2. The lowest BCUT2D eigenvalue weighted by atomic mass is 9.95. The minimum Gasteiger partial charge on any atom is -0.504 e. The third-order valence-corrected chi connectivity index (χ3v) is 5.17. The number of pyridine rings is 1. The summed E-state index contributed by atoms with van der Waals surface area (Å²) in [6, 6.07) is 9.88. The van der Waals surface area contributed by atoms with Gasteiger partial charge in [-0.05, 0) is 35.2 Å². The molecule has 3 aromatic rings. The monoisotopic (exact) mass is 438 g/mol. The average Bonchev–Trinajstić information content (AvgIpc) is 3.26. The van der Waals surface area contributed by atoms with Crippen molar-refractivity contribution in [1.82, 2.24) is 0 Å². The minimum atomic E-state index is -1.26. The summed E-state index contributed by atoms with van der Waals surface area (Å²) in [5, 5.41) is 27.8. The number of aromatic nitrogens is 1. The molecule has 0 aliphatic carbocycles. The van der Waals surface area contributed by atoms with Gasteiger partial charge in [-0.2, -0.15) is 4.57 Å². The van der Waals surface area contributed by atoms with Crippen molar-refractivity contribution in [3.05, 3.63) is 54.2 Å². The topological polar surface area (TPSA) is 126 Å². The number of fused-ring (bicyclic) bond motifs is 6. The Labute approximate surface area is 182 Å². The molecule has 3 N–H and O–H groups in total. The number of hydrogen-bond donors (Lipinski definition) is 3. The summed E-state index contributed by atoms with van der Waals surface area (Å²) in [5.41, 5.74) is 3.34. The van der Waals surface area contributed by atoms with Crippen LogP contribution in [0.5, 0.6) is 23.0 Å². The molecule has 1 aromatic heterocycles. The maximum absolute atomic E-state index is 10.0. The molecule has 2 aliphatic rings. The second kappa shape index (κ2) is 8.46. The van der Waals surface area contributed by atoms with E-state index in [4.69, 9.17) is 24.4 Å². The zero-order valence-corrected chi connectivity index (χ0v) is 17.1. The van der Waals surface area contributed by atoms with Crippen molar-refractivity contribution >= 4 is 22.7 Å². The summed E-state index contributed by atoms with van der Waals surface area (Å²) in [5.74, 6) is -0.218. The molecule has 0 spiro atoms. The van der Waals surface area contributed by atoms with Crippen molar-refractivity contribution in [3.63, 3.8) is 0 Å². The molecule has 9 heteroatoms. The molecule has 5 rings (SSSR count). The first-order chi connectivity index (χ1) is 15.4. The fourth-order valence-electron chi connectivity index (χ4n) is 3.75. The second-order valence-electron chi connectivity index (χ2n) is 7.10. The molecule has 0 bridgehead atoms. The van der Waals surface area contributed by atoms with E-state index in [-0.39, 0.29) is 12.5 Å². The van der Waals surface area contributed by atoms with Gasteiger partial charge in [-0.1, -0.05) is 0 Å². The van der Waals surface area contributed by atoms with E-state index in [0.29, 0.717) is 17.9 Å². The van der Waals surface area contributed by atoms with Crippen LogP contribution in [0.1, 0.15) is 5.56 Å². The Kier molecular flexibility index (Phi) is 5.55. The van der Waals surface area contributed by atoms with Crippen LogP contribution in [-0.4, -0.2) is 41.2 Å². The quantitative estimate of drug-likeness (QED) is 0.421. The van der Waals surface area contributed by atoms with Crippen LogP contribution in [0.15, 0.2) is 48.7 Å². The Balaban J connectivity index is 0.000000265. The number of carboxylic acids is 2. The number of rotatable bonds is 3. The van der Waals surface area contributed by atoms with Crippen molar-refractivity contribution in [2.75, 3.05) is 13.9 Å². The molecule has 32 heavy (non-hydrogen) atoms. The standard InChI is InChI=1S/C19H15NO4.C4H4O4/c1-22-18-8-13-12(7-16(18)21)4-5-20-9-14-11(6-15(13)20)2-3-17-19(14)24-10-23-17;5-3(6)1-2-4(7)8/h2-3,6-9H,4-5,10H2,1H3;1-2H,(H,5,6)(H,7,8)/p+1/b;2-1+. The predicted octanol–water partition coefficient (Wildman–Crippen LogP) is 2.51. The molecule has 0 saturated carbocycles. The van der Waals surface area contributed by atoms with E-state index >= 15 is 0 Å². The van der Waals surface area contributed by atoms with Gasteiger partial charge in [0.2, 0.25) is 12.5 Å². The SMILES string of the molecule is COc1cc2c(cc1O)CC[n+]1cc3c4c(ccc3cc1-2)OCO4.O=C(O)/C=C/C(=O)O. The van der Waals surface area contributed by atoms with Gasteiger partial charge >= 0.3 is 11.9 Å². The number of methoxy groups -OCH3 is 1.